The van der Waals surface area contributed by atoms with E-state index < -0.39 is 0 Å². The van der Waals surface area contributed by atoms with Gasteiger partial charge in [0.15, 0.2) is 0 Å². The number of nitrogens with two attached hydrogens (primary N) is 1. The molecule has 0 saturated carbocycles. The maximum atomic E-state index is 6.22. The van der Waals surface area contributed by atoms with Gasteiger partial charge in [-0.1, -0.05) is 35.7 Å². The van der Waals surface area contributed by atoms with Crippen LogP contribution < -0.4 is 5.73 Å². The molecule has 1 aromatic heterocycles. The van der Waals surface area contributed by atoms with Gasteiger partial charge >= 0.3 is 0 Å². The predicted octanol–water partition coefficient (Wildman–Crippen LogP) is 4.23. The molecule has 0 amide bonds. The highest BCUT2D eigenvalue weighted by atomic mass is 35.5. The minimum absolute atomic E-state index is 0.510. The van der Waals surface area contributed by atoms with Gasteiger partial charge in [-0.2, -0.15) is 0 Å². The third-order valence-corrected chi connectivity index (χ3v) is 4.62. The van der Waals surface area contributed by atoms with E-state index in [1.54, 1.807) is 0 Å². The van der Waals surface area contributed by atoms with Gasteiger partial charge in [0, 0.05) is 27.7 Å². The zero-order valence-corrected chi connectivity index (χ0v) is 13.2. The van der Waals surface area contributed by atoms with Gasteiger partial charge in [0.25, 0.3) is 0 Å². The zero-order chi connectivity index (χ0) is 14.8. The third-order valence-electron chi connectivity index (χ3n) is 3.91. The molecule has 0 bridgehead atoms. The second kappa shape index (κ2) is 6.20. The molecule has 0 saturated heterocycles. The highest BCUT2D eigenvalue weighted by Gasteiger charge is 2.16. The molecule has 2 N–H and O–H groups in total. The van der Waals surface area contributed by atoms with Crippen LogP contribution in [0.5, 0.6) is 0 Å². The Morgan fingerprint density at radius 3 is 2.48 bits per heavy atom. The molecule has 1 aliphatic carbocycles. The minimum Gasteiger partial charge on any atom is -0.383 e. The fourth-order valence-electron chi connectivity index (χ4n) is 2.79. The van der Waals surface area contributed by atoms with Crippen LogP contribution in [0.2, 0.25) is 10.0 Å². The van der Waals surface area contributed by atoms with E-state index in [0.29, 0.717) is 28.1 Å². The standard InChI is InChI=1S/C16H17Cl2N3/c17-12-6-4-7-13(18)11(12)9-15-20-14-8-3-1-2-5-10(14)16(19)21-15/h4,6-7H,1-3,5,8-9H2,(H2,19,20,21). The van der Waals surface area contributed by atoms with Gasteiger partial charge < -0.3 is 5.73 Å². The van der Waals surface area contributed by atoms with Crippen LogP contribution >= 0.6 is 23.2 Å². The summed E-state index contributed by atoms with van der Waals surface area (Å²) in [6, 6.07) is 5.49. The van der Waals surface area contributed by atoms with Crippen LogP contribution in [-0.4, -0.2) is 9.97 Å². The Hall–Kier alpha value is -1.32. The lowest BCUT2D eigenvalue weighted by atomic mass is 10.1. The molecule has 5 heteroatoms. The number of hydrogen-bond acceptors (Lipinski definition) is 3. The molecule has 1 heterocycles. The Morgan fingerprint density at radius 1 is 1.00 bits per heavy atom. The highest BCUT2D eigenvalue weighted by molar-refractivity contribution is 6.36. The molecule has 110 valence electrons. The maximum Gasteiger partial charge on any atom is 0.135 e. The zero-order valence-electron chi connectivity index (χ0n) is 11.7. The summed E-state index contributed by atoms with van der Waals surface area (Å²) in [5.74, 6) is 1.31. The van der Waals surface area contributed by atoms with Crippen molar-refractivity contribution in [2.45, 2.75) is 38.5 Å². The molecule has 0 atom stereocenters. The van der Waals surface area contributed by atoms with E-state index in [4.69, 9.17) is 33.9 Å². The number of nitrogen functional groups attached to an aromatic ring is 1. The molecule has 0 aliphatic heterocycles. The number of benzene rings is 1. The van der Waals surface area contributed by atoms with Gasteiger partial charge in [0.1, 0.15) is 11.6 Å². The van der Waals surface area contributed by atoms with Gasteiger partial charge in [-0.05, 0) is 43.4 Å². The Kier molecular flexibility index (Phi) is 4.32. The SMILES string of the molecule is Nc1nc(Cc2c(Cl)cccc2Cl)nc2c1CCCCC2. The second-order valence-corrected chi connectivity index (χ2v) is 6.20. The van der Waals surface area contributed by atoms with Crippen LogP contribution in [0, 0.1) is 0 Å². The van der Waals surface area contributed by atoms with Gasteiger partial charge in [0.05, 0.1) is 0 Å². The van der Waals surface area contributed by atoms with E-state index in [2.05, 4.69) is 4.98 Å². The first kappa shape index (κ1) is 14.6. The third kappa shape index (κ3) is 3.14. The van der Waals surface area contributed by atoms with Crippen LogP contribution in [-0.2, 0) is 19.3 Å². The predicted molar refractivity (Wildman–Crippen MR) is 87.0 cm³/mol. The van der Waals surface area contributed by atoms with E-state index in [0.717, 1.165) is 42.5 Å². The summed E-state index contributed by atoms with van der Waals surface area (Å²) in [5, 5.41) is 1.28. The smallest absolute Gasteiger partial charge is 0.135 e. The topological polar surface area (TPSA) is 51.8 Å². The number of fused-ring (bicyclic) bond motifs is 1. The summed E-state index contributed by atoms with van der Waals surface area (Å²) in [6.45, 7) is 0. The van der Waals surface area contributed by atoms with Crippen LogP contribution in [0.25, 0.3) is 0 Å². The van der Waals surface area contributed by atoms with Gasteiger partial charge in [-0.3, -0.25) is 0 Å². The van der Waals surface area contributed by atoms with Crippen molar-refractivity contribution >= 4 is 29.0 Å². The number of rotatable bonds is 2. The lowest BCUT2D eigenvalue weighted by Gasteiger charge is -2.11. The van der Waals surface area contributed by atoms with Gasteiger partial charge in [-0.15, -0.1) is 0 Å². The van der Waals surface area contributed by atoms with E-state index in [9.17, 15) is 0 Å². The molecular weight excluding hydrogens is 305 g/mol. The van der Waals surface area contributed by atoms with Crippen molar-refractivity contribution in [1.82, 2.24) is 9.97 Å². The van der Waals surface area contributed by atoms with Crippen molar-refractivity contribution < 1.29 is 0 Å². The summed E-state index contributed by atoms with van der Waals surface area (Å²) in [7, 11) is 0. The van der Waals surface area contributed by atoms with Crippen molar-refractivity contribution in [3.63, 3.8) is 0 Å². The molecule has 0 unspecified atom stereocenters. The van der Waals surface area contributed by atoms with Crippen LogP contribution in [0.1, 0.15) is 41.9 Å². The summed E-state index contributed by atoms with van der Waals surface area (Å²) >= 11 is 12.4. The number of nitrogens with zero attached hydrogens (tertiary/aromatic N) is 2. The number of hydrogen-bond donors (Lipinski definition) is 1. The normalized spacial score (nSPS) is 14.6. The first-order valence-electron chi connectivity index (χ1n) is 7.22. The average molecular weight is 322 g/mol. The average Bonchev–Trinajstić information content (AvgIpc) is 2.69. The molecule has 0 fully saturated rings. The molecule has 21 heavy (non-hydrogen) atoms. The lowest BCUT2D eigenvalue weighted by molar-refractivity contribution is 0.708. The van der Waals surface area contributed by atoms with Crippen molar-refractivity contribution in [2.75, 3.05) is 5.73 Å². The van der Waals surface area contributed by atoms with Crippen molar-refractivity contribution in [3.8, 4) is 0 Å². The number of anilines is 1. The van der Waals surface area contributed by atoms with Crippen LogP contribution in [0.4, 0.5) is 5.82 Å². The first-order valence-corrected chi connectivity index (χ1v) is 7.98. The fourth-order valence-corrected chi connectivity index (χ4v) is 3.32. The van der Waals surface area contributed by atoms with E-state index in [1.165, 1.54) is 6.42 Å². The summed E-state index contributed by atoms with van der Waals surface area (Å²) < 4.78 is 0. The molecule has 3 rings (SSSR count). The Labute approximate surface area is 134 Å². The monoisotopic (exact) mass is 321 g/mol. The van der Waals surface area contributed by atoms with Crippen molar-refractivity contribution in [2.24, 2.45) is 0 Å². The fraction of sp³-hybridized carbons (Fsp3) is 0.375. The molecular formula is C16H17Cl2N3. The summed E-state index contributed by atoms with van der Waals surface area (Å²) in [5.41, 5.74) is 9.20. The quantitative estimate of drug-likeness (QED) is 0.842. The highest BCUT2D eigenvalue weighted by Crippen LogP contribution is 2.28. The molecule has 1 aromatic carbocycles. The van der Waals surface area contributed by atoms with Crippen LogP contribution in [0.15, 0.2) is 18.2 Å². The first-order chi connectivity index (χ1) is 10.1. The van der Waals surface area contributed by atoms with Crippen molar-refractivity contribution in [1.29, 1.82) is 0 Å². The molecule has 2 aromatic rings. The van der Waals surface area contributed by atoms with E-state index in [-0.39, 0.29) is 0 Å². The minimum atomic E-state index is 0.510. The number of aromatic nitrogens is 2. The maximum absolute atomic E-state index is 6.22. The molecule has 0 spiro atoms. The Morgan fingerprint density at radius 2 is 1.71 bits per heavy atom. The van der Waals surface area contributed by atoms with E-state index >= 15 is 0 Å². The Bertz CT molecular complexity index is 651. The Balaban J connectivity index is 1.97. The second-order valence-electron chi connectivity index (χ2n) is 5.39. The largest absolute Gasteiger partial charge is 0.383 e. The van der Waals surface area contributed by atoms with Crippen LogP contribution in [0.3, 0.4) is 0 Å². The van der Waals surface area contributed by atoms with Gasteiger partial charge in [-0.25, -0.2) is 9.97 Å². The molecule has 1 aliphatic rings. The summed E-state index contributed by atoms with van der Waals surface area (Å²) in [4.78, 5) is 9.16. The lowest BCUT2D eigenvalue weighted by Crippen LogP contribution is -2.09. The summed E-state index contributed by atoms with van der Waals surface area (Å²) in [6.07, 6.45) is 6.02. The van der Waals surface area contributed by atoms with Gasteiger partial charge in [0.2, 0.25) is 0 Å². The number of halogens is 2. The van der Waals surface area contributed by atoms with E-state index in [1.807, 2.05) is 18.2 Å². The number of aryl methyl sites for hydroxylation is 1. The molecule has 0 radical (unpaired) electrons. The van der Waals surface area contributed by atoms with Crippen molar-refractivity contribution in [3.05, 3.63) is 50.9 Å². The molecule has 3 nitrogen and oxygen atoms in total.